The third kappa shape index (κ3) is 4.45. The Hall–Kier alpha value is 0.430. The molecule has 0 aromatic heterocycles. The maximum atomic E-state index is 9.71. The Labute approximate surface area is 89.4 Å². The first-order valence-corrected chi connectivity index (χ1v) is 5.74. The molecule has 12 heavy (non-hydrogen) atoms. The summed E-state index contributed by atoms with van der Waals surface area (Å²) in [6, 6.07) is 0. The number of hydrogen-bond acceptors (Lipinski definition) is 1. The van der Waals surface area contributed by atoms with Crippen molar-refractivity contribution >= 4 is 22.6 Å². The van der Waals surface area contributed by atoms with Gasteiger partial charge >= 0.3 is 0 Å². The fourth-order valence-electron chi connectivity index (χ4n) is 1.11. The second-order valence-corrected chi connectivity index (χ2v) is 4.57. The summed E-state index contributed by atoms with van der Waals surface area (Å²) in [7, 11) is 0. The van der Waals surface area contributed by atoms with E-state index in [1.165, 1.54) is 12.8 Å². The van der Waals surface area contributed by atoms with Crippen LogP contribution in [-0.2, 0) is 0 Å². The fraction of sp³-hybridized carbons (Fsp3) is 0.800. The van der Waals surface area contributed by atoms with Gasteiger partial charge in [-0.05, 0) is 22.0 Å². The molecule has 0 radical (unpaired) electrons. The van der Waals surface area contributed by atoms with Crippen molar-refractivity contribution in [1.82, 2.24) is 0 Å². The average Bonchev–Trinajstić information content (AvgIpc) is 2.01. The van der Waals surface area contributed by atoms with E-state index in [-0.39, 0.29) is 11.5 Å². The summed E-state index contributed by atoms with van der Waals surface area (Å²) in [5, 5.41) is 9.71. The van der Waals surface area contributed by atoms with Crippen molar-refractivity contribution in [1.29, 1.82) is 0 Å². The van der Waals surface area contributed by atoms with Gasteiger partial charge in [0.2, 0.25) is 0 Å². The molecular weight excluding hydrogens is 263 g/mol. The minimum atomic E-state index is -0.305. The molecule has 1 atom stereocenters. The summed E-state index contributed by atoms with van der Waals surface area (Å²) in [4.78, 5) is 0. The Bertz CT molecular complexity index is 141. The number of aliphatic hydroxyl groups is 1. The van der Waals surface area contributed by atoms with E-state index in [0.717, 1.165) is 6.42 Å². The van der Waals surface area contributed by atoms with Crippen molar-refractivity contribution in [3.05, 3.63) is 10.2 Å². The molecular formula is C10H19IO. The standard InChI is InChI=1S/C10H19IO/c1-4-5-7-10(2,3)9(12)6-8-11/h6,8-9,12H,4-5,7H2,1-3H3/b8-6+/t9-/m1/s1. The van der Waals surface area contributed by atoms with Gasteiger partial charge in [0.15, 0.2) is 0 Å². The first kappa shape index (κ1) is 12.4. The van der Waals surface area contributed by atoms with Crippen LogP contribution < -0.4 is 0 Å². The van der Waals surface area contributed by atoms with E-state index < -0.39 is 0 Å². The molecule has 72 valence electrons. The summed E-state index contributed by atoms with van der Waals surface area (Å²) >= 11 is 2.14. The van der Waals surface area contributed by atoms with E-state index >= 15 is 0 Å². The van der Waals surface area contributed by atoms with Gasteiger partial charge in [0, 0.05) is 0 Å². The van der Waals surface area contributed by atoms with Crippen LogP contribution in [0.5, 0.6) is 0 Å². The van der Waals surface area contributed by atoms with E-state index in [1.807, 2.05) is 10.2 Å². The van der Waals surface area contributed by atoms with Gasteiger partial charge in [-0.15, -0.1) is 0 Å². The molecule has 0 saturated heterocycles. The fourth-order valence-corrected chi connectivity index (χ4v) is 1.50. The number of halogens is 1. The van der Waals surface area contributed by atoms with Crippen molar-refractivity contribution in [2.45, 2.75) is 46.1 Å². The number of aliphatic hydroxyl groups excluding tert-OH is 1. The highest BCUT2D eigenvalue weighted by molar-refractivity contribution is 14.1. The van der Waals surface area contributed by atoms with Gasteiger partial charge in [-0.2, -0.15) is 0 Å². The van der Waals surface area contributed by atoms with Crippen molar-refractivity contribution < 1.29 is 5.11 Å². The Morgan fingerprint density at radius 1 is 1.50 bits per heavy atom. The average molecular weight is 282 g/mol. The number of hydrogen-bond donors (Lipinski definition) is 1. The molecule has 0 aromatic rings. The van der Waals surface area contributed by atoms with Crippen LogP contribution in [0.25, 0.3) is 0 Å². The summed E-state index contributed by atoms with van der Waals surface area (Å²) in [6.45, 7) is 6.41. The molecule has 0 fully saturated rings. The molecule has 0 aromatic carbocycles. The van der Waals surface area contributed by atoms with Crippen LogP contribution in [-0.4, -0.2) is 11.2 Å². The number of unbranched alkanes of at least 4 members (excludes halogenated alkanes) is 1. The monoisotopic (exact) mass is 282 g/mol. The van der Waals surface area contributed by atoms with Gasteiger partial charge in [0.05, 0.1) is 6.10 Å². The lowest BCUT2D eigenvalue weighted by molar-refractivity contribution is 0.0818. The Morgan fingerprint density at radius 2 is 2.08 bits per heavy atom. The normalized spacial score (nSPS) is 15.4. The maximum absolute atomic E-state index is 9.71. The minimum Gasteiger partial charge on any atom is -0.388 e. The van der Waals surface area contributed by atoms with Crippen molar-refractivity contribution in [3.8, 4) is 0 Å². The van der Waals surface area contributed by atoms with E-state index in [1.54, 1.807) is 0 Å². The summed E-state index contributed by atoms with van der Waals surface area (Å²) in [5.74, 6) is 0. The smallest absolute Gasteiger partial charge is 0.0779 e. The van der Waals surface area contributed by atoms with Crippen LogP contribution in [0.4, 0.5) is 0 Å². The highest BCUT2D eigenvalue weighted by Crippen LogP contribution is 2.28. The second-order valence-electron chi connectivity index (χ2n) is 3.86. The van der Waals surface area contributed by atoms with E-state index in [4.69, 9.17) is 0 Å². The lowest BCUT2D eigenvalue weighted by Crippen LogP contribution is -2.27. The van der Waals surface area contributed by atoms with Crippen molar-refractivity contribution in [2.24, 2.45) is 5.41 Å². The van der Waals surface area contributed by atoms with E-state index in [0.29, 0.717) is 0 Å². The number of rotatable bonds is 5. The summed E-state index contributed by atoms with van der Waals surface area (Å²) in [5.41, 5.74) is 0.0255. The molecule has 0 aliphatic rings. The molecule has 0 aliphatic carbocycles. The topological polar surface area (TPSA) is 20.2 Å². The lowest BCUT2D eigenvalue weighted by atomic mass is 9.82. The molecule has 1 N–H and O–H groups in total. The molecule has 0 amide bonds. The van der Waals surface area contributed by atoms with Crippen LogP contribution in [0, 0.1) is 5.41 Å². The SMILES string of the molecule is CCCCC(C)(C)[C@H](O)/C=C/I. The molecule has 0 bridgehead atoms. The third-order valence-corrected chi connectivity index (χ3v) is 2.65. The Morgan fingerprint density at radius 3 is 2.50 bits per heavy atom. The van der Waals surface area contributed by atoms with E-state index in [9.17, 15) is 5.11 Å². The van der Waals surface area contributed by atoms with Gasteiger partial charge in [0.1, 0.15) is 0 Å². The van der Waals surface area contributed by atoms with Gasteiger partial charge < -0.3 is 5.11 Å². The Balaban J connectivity index is 3.98. The zero-order valence-corrected chi connectivity index (χ0v) is 10.3. The summed E-state index contributed by atoms with van der Waals surface area (Å²) in [6.07, 6.45) is 5.03. The van der Waals surface area contributed by atoms with Gasteiger partial charge in [-0.3, -0.25) is 0 Å². The molecule has 0 saturated carbocycles. The zero-order chi connectivity index (χ0) is 9.61. The first-order valence-electron chi connectivity index (χ1n) is 4.49. The van der Waals surface area contributed by atoms with Crippen molar-refractivity contribution in [3.63, 3.8) is 0 Å². The largest absolute Gasteiger partial charge is 0.388 e. The zero-order valence-electron chi connectivity index (χ0n) is 8.18. The van der Waals surface area contributed by atoms with E-state index in [2.05, 4.69) is 43.4 Å². The highest BCUT2D eigenvalue weighted by atomic mass is 127. The van der Waals surface area contributed by atoms with Crippen molar-refractivity contribution in [2.75, 3.05) is 0 Å². The maximum Gasteiger partial charge on any atom is 0.0779 e. The molecule has 0 spiro atoms. The van der Waals surface area contributed by atoms with Gasteiger partial charge in [-0.25, -0.2) is 0 Å². The molecule has 0 rings (SSSR count). The molecule has 1 nitrogen and oxygen atoms in total. The third-order valence-electron chi connectivity index (χ3n) is 2.23. The molecule has 0 unspecified atom stereocenters. The van der Waals surface area contributed by atoms with Gasteiger partial charge in [-0.1, -0.05) is 56.2 Å². The predicted molar refractivity (Wildman–Crippen MR) is 62.5 cm³/mol. The van der Waals surface area contributed by atoms with Gasteiger partial charge in [0.25, 0.3) is 0 Å². The minimum absolute atomic E-state index is 0.0255. The first-order chi connectivity index (χ1) is 5.54. The second kappa shape index (κ2) is 5.97. The highest BCUT2D eigenvalue weighted by Gasteiger charge is 2.24. The van der Waals surface area contributed by atoms with Crippen LogP contribution in [0.2, 0.25) is 0 Å². The van der Waals surface area contributed by atoms with Crippen LogP contribution in [0.1, 0.15) is 40.0 Å². The quantitative estimate of drug-likeness (QED) is 0.765. The van der Waals surface area contributed by atoms with Crippen LogP contribution >= 0.6 is 22.6 Å². The summed E-state index contributed by atoms with van der Waals surface area (Å²) < 4.78 is 1.89. The Kier molecular flexibility index (Phi) is 6.19. The molecule has 0 heterocycles. The lowest BCUT2D eigenvalue weighted by Gasteiger charge is -2.28. The predicted octanol–water partition coefficient (Wildman–Crippen LogP) is 3.51. The van der Waals surface area contributed by atoms with Crippen LogP contribution in [0.3, 0.4) is 0 Å². The van der Waals surface area contributed by atoms with Crippen LogP contribution in [0.15, 0.2) is 10.2 Å². The molecule has 0 aliphatic heterocycles. The molecule has 2 heteroatoms.